The second-order valence-corrected chi connectivity index (χ2v) is 6.22. The number of nitrogens with one attached hydrogen (secondary N) is 1. The molecule has 1 atom stereocenters. The molecule has 0 saturated carbocycles. The molecule has 1 aromatic rings. The van der Waals surface area contributed by atoms with E-state index in [0.717, 1.165) is 38.2 Å². The maximum Gasteiger partial charge on any atom is 0.255 e. The molecule has 2 fully saturated rings. The quantitative estimate of drug-likeness (QED) is 0.864. The lowest BCUT2D eigenvalue weighted by atomic mass is 9.86. The Balaban J connectivity index is 0.00000147. The first-order valence-electron chi connectivity index (χ1n) is 6.86. The smallest absolute Gasteiger partial charge is 0.255 e. The topological polar surface area (TPSA) is 32.3 Å². The SMILES string of the molecule is Cc1cccc(C(=O)N2CCC3(CCNC3)C2)c1Cl.Cl. The Hall–Kier alpha value is -0.770. The Morgan fingerprint density at radius 1 is 1.40 bits per heavy atom. The Kier molecular flexibility index (Phi) is 4.62. The van der Waals surface area contributed by atoms with Gasteiger partial charge in [-0.05, 0) is 37.9 Å². The molecule has 0 aromatic heterocycles. The summed E-state index contributed by atoms with van der Waals surface area (Å²) in [4.78, 5) is 14.5. The van der Waals surface area contributed by atoms with Crippen molar-refractivity contribution in [3.05, 3.63) is 34.3 Å². The molecule has 110 valence electrons. The van der Waals surface area contributed by atoms with Gasteiger partial charge in [0.2, 0.25) is 0 Å². The summed E-state index contributed by atoms with van der Waals surface area (Å²) in [6.07, 6.45) is 2.29. The first kappa shape index (κ1) is 15.6. The summed E-state index contributed by atoms with van der Waals surface area (Å²) in [5.41, 5.74) is 1.92. The molecule has 1 N–H and O–H groups in total. The highest BCUT2D eigenvalue weighted by molar-refractivity contribution is 6.34. The van der Waals surface area contributed by atoms with Crippen molar-refractivity contribution in [2.24, 2.45) is 5.41 Å². The predicted octanol–water partition coefficient (Wildman–Crippen LogP) is 2.90. The largest absolute Gasteiger partial charge is 0.338 e. The van der Waals surface area contributed by atoms with E-state index < -0.39 is 0 Å². The highest BCUT2D eigenvalue weighted by atomic mass is 35.5. The molecule has 0 bridgehead atoms. The van der Waals surface area contributed by atoms with Crippen LogP contribution in [0.1, 0.15) is 28.8 Å². The van der Waals surface area contributed by atoms with E-state index in [1.165, 1.54) is 6.42 Å². The molecule has 1 amide bonds. The molecule has 1 aromatic carbocycles. The van der Waals surface area contributed by atoms with Gasteiger partial charge in [0, 0.05) is 25.0 Å². The van der Waals surface area contributed by atoms with Gasteiger partial charge in [-0.25, -0.2) is 0 Å². The Labute approximate surface area is 131 Å². The average molecular weight is 315 g/mol. The van der Waals surface area contributed by atoms with Gasteiger partial charge in [0.05, 0.1) is 10.6 Å². The van der Waals surface area contributed by atoms with Crippen LogP contribution in [0.4, 0.5) is 0 Å². The van der Waals surface area contributed by atoms with E-state index in [9.17, 15) is 4.79 Å². The van der Waals surface area contributed by atoms with Crippen LogP contribution in [0, 0.1) is 12.3 Å². The van der Waals surface area contributed by atoms with Crippen LogP contribution in [0.3, 0.4) is 0 Å². The molecule has 3 rings (SSSR count). The molecule has 0 aliphatic carbocycles. The number of hydrogen-bond acceptors (Lipinski definition) is 2. The van der Waals surface area contributed by atoms with Crippen LogP contribution in [0.15, 0.2) is 18.2 Å². The van der Waals surface area contributed by atoms with Crippen LogP contribution >= 0.6 is 24.0 Å². The first-order chi connectivity index (χ1) is 9.11. The fourth-order valence-corrected chi connectivity index (χ4v) is 3.44. The van der Waals surface area contributed by atoms with Crippen molar-refractivity contribution in [1.82, 2.24) is 10.2 Å². The molecule has 3 nitrogen and oxygen atoms in total. The van der Waals surface area contributed by atoms with E-state index in [-0.39, 0.29) is 18.3 Å². The zero-order chi connectivity index (χ0) is 13.5. The van der Waals surface area contributed by atoms with Crippen molar-refractivity contribution >= 4 is 29.9 Å². The zero-order valence-electron chi connectivity index (χ0n) is 11.6. The van der Waals surface area contributed by atoms with E-state index in [1.807, 2.05) is 30.0 Å². The number of aryl methyl sites for hydroxylation is 1. The normalized spacial score (nSPS) is 25.0. The predicted molar refractivity (Wildman–Crippen MR) is 83.9 cm³/mol. The second-order valence-electron chi connectivity index (χ2n) is 5.84. The minimum Gasteiger partial charge on any atom is -0.338 e. The van der Waals surface area contributed by atoms with Gasteiger partial charge in [0.1, 0.15) is 0 Å². The number of likely N-dealkylation sites (tertiary alicyclic amines) is 1. The van der Waals surface area contributed by atoms with Crippen molar-refractivity contribution in [1.29, 1.82) is 0 Å². The molecule has 2 aliphatic heterocycles. The van der Waals surface area contributed by atoms with Gasteiger partial charge >= 0.3 is 0 Å². The number of benzene rings is 1. The first-order valence-corrected chi connectivity index (χ1v) is 7.24. The summed E-state index contributed by atoms with van der Waals surface area (Å²) in [5, 5.41) is 4.01. The van der Waals surface area contributed by atoms with Crippen molar-refractivity contribution in [2.45, 2.75) is 19.8 Å². The van der Waals surface area contributed by atoms with Crippen LogP contribution < -0.4 is 5.32 Å². The maximum absolute atomic E-state index is 12.6. The lowest BCUT2D eigenvalue weighted by molar-refractivity contribution is 0.0776. The lowest BCUT2D eigenvalue weighted by Gasteiger charge is -2.23. The molecular weight excluding hydrogens is 295 g/mol. The van der Waals surface area contributed by atoms with E-state index >= 15 is 0 Å². The fourth-order valence-electron chi connectivity index (χ4n) is 3.24. The van der Waals surface area contributed by atoms with E-state index in [1.54, 1.807) is 0 Å². The number of rotatable bonds is 1. The third-order valence-electron chi connectivity index (χ3n) is 4.48. The van der Waals surface area contributed by atoms with E-state index in [0.29, 0.717) is 16.0 Å². The standard InChI is InChI=1S/C15H19ClN2O.ClH/c1-11-3-2-4-12(13(11)16)14(19)18-8-6-15(10-18)5-7-17-9-15;/h2-4,17H,5-10H2,1H3;1H. The molecule has 2 saturated heterocycles. The minimum atomic E-state index is 0. The molecule has 20 heavy (non-hydrogen) atoms. The number of hydrogen-bond donors (Lipinski definition) is 1. The minimum absolute atomic E-state index is 0. The molecule has 2 aliphatic rings. The fraction of sp³-hybridized carbons (Fsp3) is 0.533. The summed E-state index contributed by atoms with van der Waals surface area (Å²) in [6, 6.07) is 5.67. The summed E-state index contributed by atoms with van der Waals surface area (Å²) < 4.78 is 0. The van der Waals surface area contributed by atoms with Gasteiger partial charge in [-0.1, -0.05) is 23.7 Å². The molecule has 1 spiro atoms. The Bertz CT molecular complexity index is 513. The number of carbonyl (C=O) groups is 1. The third kappa shape index (κ3) is 2.67. The lowest BCUT2D eigenvalue weighted by Crippen LogP contribution is -2.33. The van der Waals surface area contributed by atoms with Crippen LogP contribution in [0.2, 0.25) is 5.02 Å². The van der Waals surface area contributed by atoms with Gasteiger partial charge in [-0.15, -0.1) is 12.4 Å². The summed E-state index contributed by atoms with van der Waals surface area (Å²) >= 11 is 6.26. The van der Waals surface area contributed by atoms with Crippen molar-refractivity contribution in [3.63, 3.8) is 0 Å². The molecule has 2 heterocycles. The van der Waals surface area contributed by atoms with Crippen LogP contribution in [0.25, 0.3) is 0 Å². The summed E-state index contributed by atoms with van der Waals surface area (Å²) in [5.74, 6) is 0.0810. The number of nitrogens with zero attached hydrogens (tertiary/aromatic N) is 1. The third-order valence-corrected chi connectivity index (χ3v) is 4.98. The molecule has 5 heteroatoms. The van der Waals surface area contributed by atoms with Gasteiger partial charge in [-0.2, -0.15) is 0 Å². The van der Waals surface area contributed by atoms with Gasteiger partial charge in [-0.3, -0.25) is 4.79 Å². The van der Waals surface area contributed by atoms with Crippen molar-refractivity contribution < 1.29 is 4.79 Å². The summed E-state index contributed by atoms with van der Waals surface area (Å²) in [6.45, 7) is 5.77. The van der Waals surface area contributed by atoms with Gasteiger partial charge in [0.25, 0.3) is 5.91 Å². The number of amides is 1. The average Bonchev–Trinajstić information content (AvgIpc) is 3.03. The van der Waals surface area contributed by atoms with Gasteiger partial charge < -0.3 is 10.2 Å². The Morgan fingerprint density at radius 2 is 2.20 bits per heavy atom. The highest BCUT2D eigenvalue weighted by Crippen LogP contribution is 2.37. The molecule has 1 unspecified atom stereocenters. The molecule has 0 radical (unpaired) electrons. The summed E-state index contributed by atoms with van der Waals surface area (Å²) in [7, 11) is 0. The number of halogens is 2. The van der Waals surface area contributed by atoms with E-state index in [4.69, 9.17) is 11.6 Å². The van der Waals surface area contributed by atoms with E-state index in [2.05, 4.69) is 5.32 Å². The van der Waals surface area contributed by atoms with Crippen molar-refractivity contribution in [2.75, 3.05) is 26.2 Å². The van der Waals surface area contributed by atoms with Crippen LogP contribution in [-0.2, 0) is 0 Å². The van der Waals surface area contributed by atoms with Crippen LogP contribution in [0.5, 0.6) is 0 Å². The second kappa shape index (κ2) is 5.92. The molecular formula is C15H20Cl2N2O. The highest BCUT2D eigenvalue weighted by Gasteiger charge is 2.42. The zero-order valence-corrected chi connectivity index (χ0v) is 13.2. The maximum atomic E-state index is 12.6. The monoisotopic (exact) mass is 314 g/mol. The van der Waals surface area contributed by atoms with Crippen LogP contribution in [-0.4, -0.2) is 37.0 Å². The van der Waals surface area contributed by atoms with Crippen molar-refractivity contribution in [3.8, 4) is 0 Å². The number of carbonyl (C=O) groups excluding carboxylic acids is 1. The Morgan fingerprint density at radius 3 is 2.90 bits per heavy atom. The van der Waals surface area contributed by atoms with Gasteiger partial charge in [0.15, 0.2) is 0 Å².